The van der Waals surface area contributed by atoms with Gasteiger partial charge < -0.3 is 9.67 Å². The third-order valence-electron chi connectivity index (χ3n) is 4.12. The molecule has 0 aliphatic carbocycles. The molecule has 1 heterocycles. The van der Waals surface area contributed by atoms with E-state index in [0.717, 1.165) is 28.8 Å². The Labute approximate surface area is 124 Å². The van der Waals surface area contributed by atoms with Crippen molar-refractivity contribution in [2.45, 2.75) is 25.4 Å². The molecule has 0 saturated carbocycles. The van der Waals surface area contributed by atoms with Crippen molar-refractivity contribution in [3.05, 3.63) is 66.0 Å². The Hall–Kier alpha value is -2.13. The van der Waals surface area contributed by atoms with E-state index in [9.17, 15) is 5.11 Å². The summed E-state index contributed by atoms with van der Waals surface area (Å²) in [6.07, 6.45) is 0.305. The number of hydrogen-bond donors (Lipinski definition) is 1. The van der Waals surface area contributed by atoms with Crippen LogP contribution in [0.1, 0.15) is 36.8 Å². The standard InChI is InChI=1S/C18H20N2O/c1-3-14(17(21)13-9-5-4-6-10-13)18-19-15-11-7-8-12-16(15)20(18)2/h4-12,14,17,21H,3H2,1-2H3/t14-,17-/m0/s1. The maximum absolute atomic E-state index is 10.7. The van der Waals surface area contributed by atoms with Gasteiger partial charge in [-0.2, -0.15) is 0 Å². The monoisotopic (exact) mass is 280 g/mol. The molecule has 108 valence electrons. The van der Waals surface area contributed by atoms with Crippen LogP contribution in [0.2, 0.25) is 0 Å². The van der Waals surface area contributed by atoms with Gasteiger partial charge in [0.1, 0.15) is 5.82 Å². The molecule has 1 aromatic heterocycles. The van der Waals surface area contributed by atoms with Gasteiger partial charge in [-0.25, -0.2) is 4.98 Å². The minimum Gasteiger partial charge on any atom is -0.388 e. The van der Waals surface area contributed by atoms with Gasteiger partial charge >= 0.3 is 0 Å². The van der Waals surface area contributed by atoms with E-state index in [4.69, 9.17) is 4.98 Å². The first-order valence-electron chi connectivity index (χ1n) is 7.36. The second kappa shape index (κ2) is 5.70. The van der Waals surface area contributed by atoms with E-state index >= 15 is 0 Å². The number of nitrogens with zero attached hydrogens (tertiary/aromatic N) is 2. The Bertz CT molecular complexity index is 733. The fourth-order valence-corrected chi connectivity index (χ4v) is 2.93. The zero-order valence-corrected chi connectivity index (χ0v) is 12.4. The Morgan fingerprint density at radius 2 is 1.71 bits per heavy atom. The normalized spacial score (nSPS) is 14.2. The summed E-state index contributed by atoms with van der Waals surface area (Å²) in [6.45, 7) is 2.09. The summed E-state index contributed by atoms with van der Waals surface area (Å²) in [6, 6.07) is 17.9. The van der Waals surface area contributed by atoms with Gasteiger partial charge in [-0.15, -0.1) is 0 Å². The summed E-state index contributed by atoms with van der Waals surface area (Å²) in [5, 5.41) is 10.7. The summed E-state index contributed by atoms with van der Waals surface area (Å²) in [5.41, 5.74) is 3.02. The number of aryl methyl sites for hydroxylation is 1. The summed E-state index contributed by atoms with van der Waals surface area (Å²) in [4.78, 5) is 4.73. The second-order valence-corrected chi connectivity index (χ2v) is 5.39. The Morgan fingerprint density at radius 1 is 1.05 bits per heavy atom. The highest BCUT2D eigenvalue weighted by molar-refractivity contribution is 5.75. The van der Waals surface area contributed by atoms with E-state index in [-0.39, 0.29) is 5.92 Å². The molecule has 3 heteroatoms. The molecule has 0 unspecified atom stereocenters. The van der Waals surface area contributed by atoms with Crippen LogP contribution >= 0.6 is 0 Å². The molecule has 3 rings (SSSR count). The molecule has 2 atom stereocenters. The van der Waals surface area contributed by atoms with Crippen molar-refractivity contribution in [1.29, 1.82) is 0 Å². The molecule has 3 nitrogen and oxygen atoms in total. The molecular weight excluding hydrogens is 260 g/mol. The minimum absolute atomic E-state index is 0.00944. The van der Waals surface area contributed by atoms with Crippen LogP contribution in [0.25, 0.3) is 11.0 Å². The third kappa shape index (κ3) is 2.45. The summed E-state index contributed by atoms with van der Waals surface area (Å²) in [5.74, 6) is 0.930. The van der Waals surface area contributed by atoms with Crippen LogP contribution in [0.15, 0.2) is 54.6 Å². The highest BCUT2D eigenvalue weighted by atomic mass is 16.3. The number of benzene rings is 2. The maximum atomic E-state index is 10.7. The largest absolute Gasteiger partial charge is 0.388 e. The average molecular weight is 280 g/mol. The number of aliphatic hydroxyl groups is 1. The second-order valence-electron chi connectivity index (χ2n) is 5.39. The van der Waals surface area contributed by atoms with Crippen LogP contribution in [0.3, 0.4) is 0 Å². The molecule has 3 aromatic rings. The van der Waals surface area contributed by atoms with Crippen molar-refractivity contribution >= 4 is 11.0 Å². The van der Waals surface area contributed by atoms with E-state index < -0.39 is 6.10 Å². The van der Waals surface area contributed by atoms with E-state index in [1.807, 2.05) is 55.6 Å². The molecule has 0 aliphatic rings. The van der Waals surface area contributed by atoms with Gasteiger partial charge in [0.05, 0.1) is 17.1 Å². The summed E-state index contributed by atoms with van der Waals surface area (Å²) < 4.78 is 2.09. The third-order valence-corrected chi connectivity index (χ3v) is 4.12. The zero-order chi connectivity index (χ0) is 14.8. The van der Waals surface area contributed by atoms with Crippen molar-refractivity contribution in [2.75, 3.05) is 0 Å². The number of rotatable bonds is 4. The van der Waals surface area contributed by atoms with Crippen molar-refractivity contribution in [3.63, 3.8) is 0 Å². The Kier molecular flexibility index (Phi) is 3.76. The highest BCUT2D eigenvalue weighted by Gasteiger charge is 2.25. The van der Waals surface area contributed by atoms with Gasteiger partial charge in [0.15, 0.2) is 0 Å². The molecule has 0 spiro atoms. The van der Waals surface area contributed by atoms with Crippen LogP contribution in [-0.4, -0.2) is 14.7 Å². The minimum atomic E-state index is -0.535. The number of hydrogen-bond acceptors (Lipinski definition) is 2. The smallest absolute Gasteiger partial charge is 0.115 e. The fraction of sp³-hybridized carbons (Fsp3) is 0.278. The lowest BCUT2D eigenvalue weighted by Gasteiger charge is -2.21. The summed E-state index contributed by atoms with van der Waals surface area (Å²) in [7, 11) is 2.02. The lowest BCUT2D eigenvalue weighted by atomic mass is 9.92. The first-order chi connectivity index (χ1) is 10.2. The number of aromatic nitrogens is 2. The molecule has 0 amide bonds. The molecule has 0 fully saturated rings. The number of fused-ring (bicyclic) bond motifs is 1. The Morgan fingerprint density at radius 3 is 2.38 bits per heavy atom. The van der Waals surface area contributed by atoms with Crippen LogP contribution in [0.5, 0.6) is 0 Å². The lowest BCUT2D eigenvalue weighted by molar-refractivity contribution is 0.137. The predicted molar refractivity (Wildman–Crippen MR) is 85.1 cm³/mol. The number of para-hydroxylation sites is 2. The van der Waals surface area contributed by atoms with Crippen molar-refractivity contribution in [3.8, 4) is 0 Å². The van der Waals surface area contributed by atoms with Crippen LogP contribution in [0.4, 0.5) is 0 Å². The lowest BCUT2D eigenvalue weighted by Crippen LogP contribution is -2.14. The van der Waals surface area contributed by atoms with Gasteiger partial charge in [0.25, 0.3) is 0 Å². The fourth-order valence-electron chi connectivity index (χ4n) is 2.93. The van der Waals surface area contributed by atoms with Gasteiger partial charge in [-0.3, -0.25) is 0 Å². The van der Waals surface area contributed by atoms with Crippen LogP contribution in [-0.2, 0) is 7.05 Å². The molecule has 0 saturated heterocycles. The molecule has 0 bridgehead atoms. The van der Waals surface area contributed by atoms with Crippen LogP contribution < -0.4 is 0 Å². The van der Waals surface area contributed by atoms with Gasteiger partial charge in [0, 0.05) is 13.0 Å². The van der Waals surface area contributed by atoms with Crippen molar-refractivity contribution in [2.24, 2.45) is 7.05 Å². The Balaban J connectivity index is 2.04. The first kappa shape index (κ1) is 13.8. The molecular formula is C18H20N2O. The zero-order valence-electron chi connectivity index (χ0n) is 12.4. The van der Waals surface area contributed by atoms with E-state index in [0.29, 0.717) is 0 Å². The topological polar surface area (TPSA) is 38.0 Å². The van der Waals surface area contributed by atoms with Crippen molar-refractivity contribution < 1.29 is 5.11 Å². The van der Waals surface area contributed by atoms with Crippen LogP contribution in [0, 0.1) is 0 Å². The van der Waals surface area contributed by atoms with E-state index in [2.05, 4.69) is 17.6 Å². The summed E-state index contributed by atoms with van der Waals surface area (Å²) >= 11 is 0. The number of imidazole rings is 1. The van der Waals surface area contributed by atoms with Crippen molar-refractivity contribution in [1.82, 2.24) is 9.55 Å². The SMILES string of the molecule is CC[C@H](c1nc2ccccc2n1C)[C@@H](O)c1ccccc1. The molecule has 0 radical (unpaired) electrons. The van der Waals surface area contributed by atoms with Gasteiger partial charge in [0.2, 0.25) is 0 Å². The molecule has 21 heavy (non-hydrogen) atoms. The quantitative estimate of drug-likeness (QED) is 0.789. The van der Waals surface area contributed by atoms with E-state index in [1.165, 1.54) is 0 Å². The highest BCUT2D eigenvalue weighted by Crippen LogP contribution is 2.34. The first-order valence-corrected chi connectivity index (χ1v) is 7.36. The molecule has 0 aliphatic heterocycles. The predicted octanol–water partition coefficient (Wildman–Crippen LogP) is 3.80. The number of aliphatic hydroxyl groups excluding tert-OH is 1. The van der Waals surface area contributed by atoms with E-state index in [1.54, 1.807) is 0 Å². The molecule has 1 N–H and O–H groups in total. The maximum Gasteiger partial charge on any atom is 0.115 e. The average Bonchev–Trinajstić information content (AvgIpc) is 2.86. The van der Waals surface area contributed by atoms with Gasteiger partial charge in [-0.1, -0.05) is 49.4 Å². The van der Waals surface area contributed by atoms with Gasteiger partial charge in [-0.05, 0) is 24.1 Å². The molecule has 2 aromatic carbocycles.